The van der Waals surface area contributed by atoms with Gasteiger partial charge in [-0.15, -0.1) is 0 Å². The normalized spacial score (nSPS) is 16.5. The van der Waals surface area contributed by atoms with E-state index in [1.54, 1.807) is 18.2 Å². The second kappa shape index (κ2) is 4.42. The van der Waals surface area contributed by atoms with Crippen molar-refractivity contribution in [3.63, 3.8) is 0 Å². The van der Waals surface area contributed by atoms with Crippen LogP contribution in [-0.2, 0) is 0 Å². The van der Waals surface area contributed by atoms with Gasteiger partial charge in [0.1, 0.15) is 6.07 Å². The number of rotatable bonds is 4. The van der Waals surface area contributed by atoms with Gasteiger partial charge in [0, 0.05) is 12.2 Å². The molecule has 1 atom stereocenters. The lowest BCUT2D eigenvalue weighted by Crippen LogP contribution is -2.21. The lowest BCUT2D eigenvalue weighted by molar-refractivity contribution is 0.164. The van der Waals surface area contributed by atoms with Crippen LogP contribution >= 0.6 is 0 Å². The SMILES string of the molecule is N#Cc1cc(N)ccc1NCC(O)C1CC1. The average Bonchev–Trinajstić information content (AvgIpc) is 3.10. The van der Waals surface area contributed by atoms with E-state index in [2.05, 4.69) is 11.4 Å². The number of aliphatic hydroxyl groups is 1. The maximum atomic E-state index is 9.70. The fourth-order valence-electron chi connectivity index (χ4n) is 1.67. The van der Waals surface area contributed by atoms with E-state index in [0.717, 1.165) is 18.5 Å². The fraction of sp³-hybridized carbons (Fsp3) is 0.417. The number of anilines is 2. The lowest BCUT2D eigenvalue weighted by Gasteiger charge is -2.13. The summed E-state index contributed by atoms with van der Waals surface area (Å²) in [5, 5.41) is 21.7. The van der Waals surface area contributed by atoms with Crippen molar-refractivity contribution in [1.29, 1.82) is 5.26 Å². The summed E-state index contributed by atoms with van der Waals surface area (Å²) < 4.78 is 0. The molecule has 1 aliphatic carbocycles. The number of nitrogens with two attached hydrogens (primary N) is 1. The van der Waals surface area contributed by atoms with Crippen LogP contribution in [0.25, 0.3) is 0 Å². The monoisotopic (exact) mass is 217 g/mol. The average molecular weight is 217 g/mol. The smallest absolute Gasteiger partial charge is 0.101 e. The van der Waals surface area contributed by atoms with Crippen LogP contribution in [0.2, 0.25) is 0 Å². The van der Waals surface area contributed by atoms with Gasteiger partial charge in [-0.05, 0) is 37.0 Å². The van der Waals surface area contributed by atoms with Gasteiger partial charge in [-0.3, -0.25) is 0 Å². The standard InChI is InChI=1S/C12H15N3O/c13-6-9-5-10(14)3-4-11(9)15-7-12(16)8-1-2-8/h3-5,8,12,15-16H,1-2,7,14H2. The molecule has 0 amide bonds. The molecule has 4 heteroatoms. The molecule has 1 fully saturated rings. The van der Waals surface area contributed by atoms with Gasteiger partial charge in [0.05, 0.1) is 17.4 Å². The quantitative estimate of drug-likeness (QED) is 0.664. The second-order valence-electron chi connectivity index (χ2n) is 4.20. The van der Waals surface area contributed by atoms with Gasteiger partial charge in [-0.25, -0.2) is 0 Å². The molecular weight excluding hydrogens is 202 g/mol. The predicted molar refractivity (Wildman–Crippen MR) is 62.8 cm³/mol. The number of nitrogens with one attached hydrogen (secondary N) is 1. The van der Waals surface area contributed by atoms with Crippen molar-refractivity contribution < 1.29 is 5.11 Å². The van der Waals surface area contributed by atoms with Crippen LogP contribution in [0.15, 0.2) is 18.2 Å². The molecule has 0 aromatic heterocycles. The van der Waals surface area contributed by atoms with Gasteiger partial charge >= 0.3 is 0 Å². The first kappa shape index (κ1) is 10.8. The third kappa shape index (κ3) is 2.44. The Balaban J connectivity index is 2.00. The van der Waals surface area contributed by atoms with E-state index in [4.69, 9.17) is 11.0 Å². The molecule has 1 aromatic rings. The summed E-state index contributed by atoms with van der Waals surface area (Å²) in [6.07, 6.45) is 1.90. The van der Waals surface area contributed by atoms with E-state index in [0.29, 0.717) is 23.7 Å². The third-order valence-electron chi connectivity index (χ3n) is 2.83. The summed E-state index contributed by atoms with van der Waals surface area (Å²) in [4.78, 5) is 0. The number of nitrogen functional groups attached to an aromatic ring is 1. The molecule has 0 bridgehead atoms. The van der Waals surface area contributed by atoms with Gasteiger partial charge in [-0.1, -0.05) is 0 Å². The van der Waals surface area contributed by atoms with Gasteiger partial charge in [0.2, 0.25) is 0 Å². The number of nitrogens with zero attached hydrogens (tertiary/aromatic N) is 1. The number of hydrogen-bond acceptors (Lipinski definition) is 4. The molecule has 1 aromatic carbocycles. The molecule has 0 aliphatic heterocycles. The van der Waals surface area contributed by atoms with E-state index in [1.807, 2.05) is 0 Å². The van der Waals surface area contributed by atoms with Gasteiger partial charge < -0.3 is 16.2 Å². The zero-order chi connectivity index (χ0) is 11.5. The first-order valence-corrected chi connectivity index (χ1v) is 5.42. The maximum absolute atomic E-state index is 9.70. The number of nitriles is 1. The number of aliphatic hydroxyl groups excluding tert-OH is 1. The first-order chi connectivity index (χ1) is 7.70. The van der Waals surface area contributed by atoms with Crippen molar-refractivity contribution in [3.8, 4) is 6.07 Å². The van der Waals surface area contributed by atoms with E-state index < -0.39 is 0 Å². The molecule has 4 N–H and O–H groups in total. The zero-order valence-corrected chi connectivity index (χ0v) is 8.98. The summed E-state index contributed by atoms with van der Waals surface area (Å²) in [5.74, 6) is 0.437. The van der Waals surface area contributed by atoms with Gasteiger partial charge in [0.15, 0.2) is 0 Å². The molecule has 16 heavy (non-hydrogen) atoms. The lowest BCUT2D eigenvalue weighted by atomic mass is 10.1. The Labute approximate surface area is 94.7 Å². The molecule has 84 valence electrons. The van der Waals surface area contributed by atoms with Crippen LogP contribution in [0.5, 0.6) is 0 Å². The minimum absolute atomic E-state index is 0.316. The topological polar surface area (TPSA) is 82.1 Å². The highest BCUT2D eigenvalue weighted by molar-refractivity contribution is 5.62. The van der Waals surface area contributed by atoms with E-state index >= 15 is 0 Å². The largest absolute Gasteiger partial charge is 0.399 e. The van der Waals surface area contributed by atoms with Crippen LogP contribution in [0.3, 0.4) is 0 Å². The highest BCUT2D eigenvalue weighted by Crippen LogP contribution is 2.32. The summed E-state index contributed by atoms with van der Waals surface area (Å²) in [6, 6.07) is 7.23. The van der Waals surface area contributed by atoms with Crippen LogP contribution in [0.4, 0.5) is 11.4 Å². The molecule has 0 heterocycles. The Morgan fingerprint density at radius 2 is 2.31 bits per heavy atom. The Kier molecular flexibility index (Phi) is 2.97. The van der Waals surface area contributed by atoms with Crippen LogP contribution < -0.4 is 11.1 Å². The van der Waals surface area contributed by atoms with Gasteiger partial charge in [0.25, 0.3) is 0 Å². The van der Waals surface area contributed by atoms with Crippen molar-refractivity contribution in [2.75, 3.05) is 17.6 Å². The molecule has 1 unspecified atom stereocenters. The summed E-state index contributed by atoms with van der Waals surface area (Å²) in [5.41, 5.74) is 7.41. The predicted octanol–water partition coefficient (Wildman–Crippen LogP) is 1.32. The molecule has 0 saturated heterocycles. The number of hydrogen-bond donors (Lipinski definition) is 3. The Bertz CT molecular complexity index is 421. The zero-order valence-electron chi connectivity index (χ0n) is 8.98. The number of benzene rings is 1. The van der Waals surface area contributed by atoms with Gasteiger partial charge in [-0.2, -0.15) is 5.26 Å². The van der Waals surface area contributed by atoms with Crippen molar-refractivity contribution >= 4 is 11.4 Å². The Morgan fingerprint density at radius 3 is 2.94 bits per heavy atom. The highest BCUT2D eigenvalue weighted by atomic mass is 16.3. The molecular formula is C12H15N3O. The fourth-order valence-corrected chi connectivity index (χ4v) is 1.67. The van der Waals surface area contributed by atoms with Crippen molar-refractivity contribution in [3.05, 3.63) is 23.8 Å². The van der Waals surface area contributed by atoms with E-state index in [9.17, 15) is 5.11 Å². The minimum Gasteiger partial charge on any atom is -0.399 e. The van der Waals surface area contributed by atoms with E-state index in [1.165, 1.54) is 0 Å². The Hall–Kier alpha value is -1.73. The summed E-state index contributed by atoms with van der Waals surface area (Å²) >= 11 is 0. The third-order valence-corrected chi connectivity index (χ3v) is 2.83. The molecule has 0 radical (unpaired) electrons. The first-order valence-electron chi connectivity index (χ1n) is 5.42. The second-order valence-corrected chi connectivity index (χ2v) is 4.20. The van der Waals surface area contributed by atoms with Crippen LogP contribution in [0.1, 0.15) is 18.4 Å². The van der Waals surface area contributed by atoms with Crippen molar-refractivity contribution in [2.24, 2.45) is 5.92 Å². The Morgan fingerprint density at radius 1 is 1.56 bits per heavy atom. The summed E-state index contributed by atoms with van der Waals surface area (Å²) in [7, 11) is 0. The van der Waals surface area contributed by atoms with Crippen molar-refractivity contribution in [1.82, 2.24) is 0 Å². The van der Waals surface area contributed by atoms with Crippen LogP contribution in [0, 0.1) is 17.2 Å². The van der Waals surface area contributed by atoms with E-state index in [-0.39, 0.29) is 6.10 Å². The molecule has 1 saturated carbocycles. The molecule has 0 spiro atoms. The molecule has 4 nitrogen and oxygen atoms in total. The summed E-state index contributed by atoms with van der Waals surface area (Å²) in [6.45, 7) is 0.489. The van der Waals surface area contributed by atoms with Crippen molar-refractivity contribution in [2.45, 2.75) is 18.9 Å². The molecule has 1 aliphatic rings. The maximum Gasteiger partial charge on any atom is 0.101 e. The molecule has 2 rings (SSSR count). The van der Waals surface area contributed by atoms with Crippen LogP contribution in [-0.4, -0.2) is 17.8 Å². The minimum atomic E-state index is -0.316. The highest BCUT2D eigenvalue weighted by Gasteiger charge is 2.29.